The van der Waals surface area contributed by atoms with E-state index in [0.717, 1.165) is 5.56 Å². The highest BCUT2D eigenvalue weighted by atomic mass is 16.5. The Morgan fingerprint density at radius 3 is 2.65 bits per heavy atom. The molecule has 0 unspecified atom stereocenters. The van der Waals surface area contributed by atoms with E-state index in [0.29, 0.717) is 18.8 Å². The summed E-state index contributed by atoms with van der Waals surface area (Å²) in [4.78, 5) is 22.9. The fraction of sp³-hybridized carbons (Fsp3) is 0.429. The summed E-state index contributed by atoms with van der Waals surface area (Å²) in [6.07, 6.45) is -0.132. The first-order chi connectivity index (χ1) is 9.54. The lowest BCUT2D eigenvalue weighted by atomic mass is 10.1. The van der Waals surface area contributed by atoms with Gasteiger partial charge in [0.05, 0.1) is 13.0 Å². The highest BCUT2D eigenvalue weighted by Crippen LogP contribution is 2.13. The molecule has 6 nitrogen and oxygen atoms in total. The smallest absolute Gasteiger partial charge is 0.321 e. The van der Waals surface area contributed by atoms with Crippen molar-refractivity contribution in [2.75, 3.05) is 25.6 Å². The third-order valence-electron chi connectivity index (χ3n) is 2.80. The molecule has 0 aliphatic rings. The monoisotopic (exact) mass is 280 g/mol. The molecule has 0 saturated heterocycles. The van der Waals surface area contributed by atoms with Gasteiger partial charge in [0, 0.05) is 19.3 Å². The minimum atomic E-state index is -1.05. The average molecular weight is 280 g/mol. The number of carbonyl (C=O) groups excluding carboxylic acids is 1. The van der Waals surface area contributed by atoms with Crippen LogP contribution in [-0.2, 0) is 14.3 Å². The second kappa shape index (κ2) is 8.29. The van der Waals surface area contributed by atoms with Crippen molar-refractivity contribution in [1.29, 1.82) is 0 Å². The number of para-hydroxylation sites is 1. The number of rotatable bonds is 8. The number of ether oxygens (including phenoxy) is 1. The zero-order valence-corrected chi connectivity index (χ0v) is 11.7. The van der Waals surface area contributed by atoms with Crippen molar-refractivity contribution in [2.24, 2.45) is 0 Å². The minimum Gasteiger partial charge on any atom is -0.480 e. The van der Waals surface area contributed by atoms with Crippen LogP contribution in [0.1, 0.15) is 12.0 Å². The molecule has 1 atom stereocenters. The van der Waals surface area contributed by atoms with Gasteiger partial charge in [-0.2, -0.15) is 0 Å². The lowest BCUT2D eigenvalue weighted by molar-refractivity contribution is -0.141. The molecule has 0 aliphatic carbocycles. The number of amides is 1. The van der Waals surface area contributed by atoms with E-state index >= 15 is 0 Å². The highest BCUT2D eigenvalue weighted by Gasteiger charge is 2.20. The van der Waals surface area contributed by atoms with Gasteiger partial charge < -0.3 is 20.5 Å². The van der Waals surface area contributed by atoms with E-state index in [2.05, 4.69) is 10.6 Å². The molecule has 0 radical (unpaired) electrons. The molecule has 0 spiro atoms. The number of benzene rings is 1. The molecule has 1 aromatic rings. The number of nitrogens with one attached hydrogen (secondary N) is 2. The van der Waals surface area contributed by atoms with Crippen molar-refractivity contribution in [2.45, 2.75) is 19.4 Å². The molecule has 3 N–H and O–H groups in total. The van der Waals surface area contributed by atoms with E-state index in [1.807, 2.05) is 25.1 Å². The number of carbonyl (C=O) groups is 2. The van der Waals surface area contributed by atoms with Crippen molar-refractivity contribution >= 4 is 17.6 Å². The lowest BCUT2D eigenvalue weighted by Crippen LogP contribution is -2.41. The van der Waals surface area contributed by atoms with Crippen molar-refractivity contribution < 1.29 is 19.4 Å². The Labute approximate surface area is 118 Å². The number of hydrogen-bond donors (Lipinski definition) is 3. The van der Waals surface area contributed by atoms with E-state index in [1.165, 1.54) is 7.11 Å². The second-order valence-corrected chi connectivity index (χ2v) is 4.40. The Bertz CT molecular complexity index is 462. The SMILES string of the molecule is COCCN[C@@H](CC(=O)Nc1ccccc1C)C(=O)O. The van der Waals surface area contributed by atoms with Gasteiger partial charge in [-0.3, -0.25) is 9.59 Å². The van der Waals surface area contributed by atoms with Crippen LogP contribution in [0, 0.1) is 6.92 Å². The maximum atomic E-state index is 11.9. The molecule has 0 heterocycles. The lowest BCUT2D eigenvalue weighted by Gasteiger charge is -2.14. The van der Waals surface area contributed by atoms with Crippen LogP contribution >= 0.6 is 0 Å². The van der Waals surface area contributed by atoms with E-state index in [9.17, 15) is 9.59 Å². The summed E-state index contributed by atoms with van der Waals surface area (Å²) in [6, 6.07) is 6.42. The van der Waals surface area contributed by atoms with Gasteiger partial charge >= 0.3 is 5.97 Å². The molecular formula is C14H20N2O4. The number of aryl methyl sites for hydroxylation is 1. The Morgan fingerprint density at radius 1 is 1.35 bits per heavy atom. The van der Waals surface area contributed by atoms with Gasteiger partial charge in [-0.05, 0) is 18.6 Å². The van der Waals surface area contributed by atoms with Gasteiger partial charge in [0.2, 0.25) is 5.91 Å². The third-order valence-corrected chi connectivity index (χ3v) is 2.80. The number of aliphatic carboxylic acids is 1. The zero-order valence-electron chi connectivity index (χ0n) is 11.7. The van der Waals surface area contributed by atoms with Crippen molar-refractivity contribution in [3.8, 4) is 0 Å². The quantitative estimate of drug-likeness (QED) is 0.619. The normalized spacial score (nSPS) is 11.9. The Balaban J connectivity index is 2.54. The molecule has 6 heteroatoms. The minimum absolute atomic E-state index is 0.132. The summed E-state index contributed by atoms with van der Waals surface area (Å²) in [5.41, 5.74) is 1.62. The summed E-state index contributed by atoms with van der Waals surface area (Å²) in [5.74, 6) is -1.39. The summed E-state index contributed by atoms with van der Waals surface area (Å²) in [6.45, 7) is 2.65. The first kappa shape index (κ1) is 16.1. The second-order valence-electron chi connectivity index (χ2n) is 4.40. The molecule has 20 heavy (non-hydrogen) atoms. The van der Waals surface area contributed by atoms with Crippen LogP contribution in [0.3, 0.4) is 0 Å². The van der Waals surface area contributed by atoms with Crippen molar-refractivity contribution in [3.05, 3.63) is 29.8 Å². The predicted octanol–water partition coefficient (Wildman–Crippen LogP) is 1.01. The summed E-state index contributed by atoms with van der Waals surface area (Å²) in [7, 11) is 1.53. The maximum Gasteiger partial charge on any atom is 0.321 e. The Morgan fingerprint density at radius 2 is 2.05 bits per heavy atom. The molecule has 0 aromatic heterocycles. The van der Waals surface area contributed by atoms with Crippen LogP contribution in [0.4, 0.5) is 5.69 Å². The van der Waals surface area contributed by atoms with E-state index < -0.39 is 12.0 Å². The zero-order chi connectivity index (χ0) is 15.0. The average Bonchev–Trinajstić information content (AvgIpc) is 2.40. The topological polar surface area (TPSA) is 87.7 Å². The van der Waals surface area contributed by atoms with Crippen LogP contribution < -0.4 is 10.6 Å². The fourth-order valence-electron chi connectivity index (χ4n) is 1.68. The summed E-state index contributed by atoms with van der Waals surface area (Å²) >= 11 is 0. The van der Waals surface area contributed by atoms with Gasteiger partial charge in [-0.15, -0.1) is 0 Å². The number of carboxylic acids is 1. The van der Waals surface area contributed by atoms with Crippen LogP contribution in [0.2, 0.25) is 0 Å². The van der Waals surface area contributed by atoms with Gasteiger partial charge in [0.1, 0.15) is 6.04 Å². The molecule has 0 fully saturated rings. The number of carboxylic acid groups (broad SMARTS) is 1. The van der Waals surface area contributed by atoms with Crippen LogP contribution in [0.25, 0.3) is 0 Å². The molecule has 0 aliphatic heterocycles. The Kier molecular flexibility index (Phi) is 6.69. The molecule has 1 rings (SSSR count). The largest absolute Gasteiger partial charge is 0.480 e. The van der Waals surface area contributed by atoms with Crippen molar-refractivity contribution in [1.82, 2.24) is 5.32 Å². The standard InChI is InChI=1S/C14H20N2O4/c1-10-5-3-4-6-11(10)16-13(17)9-12(14(18)19)15-7-8-20-2/h3-6,12,15H,7-9H2,1-2H3,(H,16,17)(H,18,19)/t12-/m0/s1. The first-order valence-electron chi connectivity index (χ1n) is 6.35. The van der Waals surface area contributed by atoms with Gasteiger partial charge in [-0.1, -0.05) is 18.2 Å². The van der Waals surface area contributed by atoms with Gasteiger partial charge in [0.15, 0.2) is 0 Å². The fourth-order valence-corrected chi connectivity index (χ4v) is 1.68. The maximum absolute atomic E-state index is 11.9. The van der Waals surface area contributed by atoms with Crippen LogP contribution in [0.5, 0.6) is 0 Å². The van der Waals surface area contributed by atoms with Crippen molar-refractivity contribution in [3.63, 3.8) is 0 Å². The van der Waals surface area contributed by atoms with Crippen LogP contribution in [0.15, 0.2) is 24.3 Å². The van der Waals surface area contributed by atoms with Gasteiger partial charge in [0.25, 0.3) is 0 Å². The molecule has 0 saturated carbocycles. The molecular weight excluding hydrogens is 260 g/mol. The van der Waals surface area contributed by atoms with Gasteiger partial charge in [-0.25, -0.2) is 0 Å². The first-order valence-corrected chi connectivity index (χ1v) is 6.35. The molecule has 0 bridgehead atoms. The highest BCUT2D eigenvalue weighted by molar-refractivity contribution is 5.94. The summed E-state index contributed by atoms with van der Waals surface area (Å²) < 4.78 is 4.83. The van der Waals surface area contributed by atoms with E-state index in [1.54, 1.807) is 6.07 Å². The predicted molar refractivity (Wildman–Crippen MR) is 75.7 cm³/mol. The molecule has 110 valence electrons. The Hall–Kier alpha value is -1.92. The third kappa shape index (κ3) is 5.38. The van der Waals surface area contributed by atoms with E-state index in [4.69, 9.17) is 9.84 Å². The molecule has 1 aromatic carbocycles. The number of hydrogen-bond acceptors (Lipinski definition) is 4. The number of methoxy groups -OCH3 is 1. The number of anilines is 1. The van der Waals surface area contributed by atoms with Crippen LogP contribution in [-0.4, -0.2) is 43.3 Å². The molecule has 1 amide bonds. The summed E-state index contributed by atoms with van der Waals surface area (Å²) in [5, 5.41) is 14.5. The van der Waals surface area contributed by atoms with E-state index in [-0.39, 0.29) is 12.3 Å².